The molecule has 0 fully saturated rings. The summed E-state index contributed by atoms with van der Waals surface area (Å²) in [5.74, 6) is 0.268. The van der Waals surface area contributed by atoms with Crippen LogP contribution >= 0.6 is 0 Å². The third-order valence-electron chi connectivity index (χ3n) is 1.91. The van der Waals surface area contributed by atoms with Gasteiger partial charge in [-0.1, -0.05) is 0 Å². The number of rotatable bonds is 2. The van der Waals surface area contributed by atoms with Crippen molar-refractivity contribution in [3.05, 3.63) is 22.2 Å². The van der Waals surface area contributed by atoms with E-state index in [1.54, 1.807) is 20.0 Å². The number of nitrogens with zero attached hydrogens (tertiary/aromatic N) is 2. The lowest BCUT2D eigenvalue weighted by Crippen LogP contribution is -2.27. The Morgan fingerprint density at radius 1 is 1.69 bits per heavy atom. The van der Waals surface area contributed by atoms with Gasteiger partial charge in [0.15, 0.2) is 0 Å². The molecule has 5 heteroatoms. The van der Waals surface area contributed by atoms with Crippen LogP contribution in [0.3, 0.4) is 0 Å². The summed E-state index contributed by atoms with van der Waals surface area (Å²) in [6.45, 7) is 3.55. The molecule has 0 aromatic carbocycles. The normalized spacial score (nSPS) is 12.8. The minimum Gasteiger partial charge on any atom is -0.383 e. The summed E-state index contributed by atoms with van der Waals surface area (Å²) in [6.07, 6.45) is 1.32. The van der Waals surface area contributed by atoms with E-state index in [9.17, 15) is 4.79 Å². The van der Waals surface area contributed by atoms with Crippen molar-refractivity contribution in [2.75, 3.05) is 12.8 Å². The number of aryl methyl sites for hydroxylation is 1. The standard InChI is InChI=1S/C8H13N3O2/c1-5-4-11(6(2)13-3)8(12)10-7(5)9/h4,6H,1-3H3,(H2,9,10,12). The van der Waals surface area contributed by atoms with E-state index in [-0.39, 0.29) is 12.0 Å². The molecule has 2 N–H and O–H groups in total. The molecule has 5 nitrogen and oxygen atoms in total. The second-order valence-electron chi connectivity index (χ2n) is 2.83. The number of nitrogens with two attached hydrogens (primary N) is 1. The summed E-state index contributed by atoms with van der Waals surface area (Å²) in [4.78, 5) is 14.9. The van der Waals surface area contributed by atoms with Crippen LogP contribution in [0, 0.1) is 6.92 Å². The number of nitrogen functional groups attached to an aromatic ring is 1. The molecule has 0 aliphatic carbocycles. The van der Waals surface area contributed by atoms with Crippen LogP contribution in [0.4, 0.5) is 5.82 Å². The number of anilines is 1. The topological polar surface area (TPSA) is 70.1 Å². The van der Waals surface area contributed by atoms with Gasteiger partial charge in [-0.15, -0.1) is 0 Å². The molecule has 0 spiro atoms. The van der Waals surface area contributed by atoms with Crippen molar-refractivity contribution < 1.29 is 4.74 Å². The maximum absolute atomic E-state index is 11.3. The van der Waals surface area contributed by atoms with Crippen molar-refractivity contribution in [1.82, 2.24) is 9.55 Å². The molecule has 0 radical (unpaired) electrons. The molecule has 1 aromatic rings. The maximum Gasteiger partial charge on any atom is 0.351 e. The highest BCUT2D eigenvalue weighted by molar-refractivity contribution is 5.35. The summed E-state index contributed by atoms with van der Waals surface area (Å²) < 4.78 is 6.39. The lowest BCUT2D eigenvalue weighted by atomic mass is 10.3. The fraction of sp³-hybridized carbons (Fsp3) is 0.500. The van der Waals surface area contributed by atoms with E-state index in [0.29, 0.717) is 0 Å². The molecule has 72 valence electrons. The molecule has 0 saturated heterocycles. The van der Waals surface area contributed by atoms with Crippen LogP contribution in [-0.2, 0) is 4.74 Å². The van der Waals surface area contributed by atoms with E-state index < -0.39 is 5.69 Å². The Labute approximate surface area is 76.2 Å². The van der Waals surface area contributed by atoms with Gasteiger partial charge in [0.2, 0.25) is 0 Å². The Kier molecular flexibility index (Phi) is 2.67. The van der Waals surface area contributed by atoms with Crippen LogP contribution in [0.25, 0.3) is 0 Å². The molecule has 0 aliphatic rings. The third-order valence-corrected chi connectivity index (χ3v) is 1.91. The molecule has 13 heavy (non-hydrogen) atoms. The molecule has 1 unspecified atom stereocenters. The van der Waals surface area contributed by atoms with E-state index in [2.05, 4.69) is 4.98 Å². The molecule has 1 heterocycles. The van der Waals surface area contributed by atoms with Gasteiger partial charge in [0.25, 0.3) is 0 Å². The zero-order chi connectivity index (χ0) is 10.0. The largest absolute Gasteiger partial charge is 0.383 e. The fourth-order valence-corrected chi connectivity index (χ4v) is 0.953. The lowest BCUT2D eigenvalue weighted by Gasteiger charge is -2.13. The summed E-state index contributed by atoms with van der Waals surface area (Å²) in [7, 11) is 1.53. The van der Waals surface area contributed by atoms with Crippen molar-refractivity contribution in [1.29, 1.82) is 0 Å². The second-order valence-corrected chi connectivity index (χ2v) is 2.83. The zero-order valence-electron chi connectivity index (χ0n) is 7.94. The highest BCUT2D eigenvalue weighted by atomic mass is 16.5. The van der Waals surface area contributed by atoms with Gasteiger partial charge >= 0.3 is 5.69 Å². The minimum absolute atomic E-state index is 0.268. The van der Waals surface area contributed by atoms with Crippen LogP contribution in [0.15, 0.2) is 11.0 Å². The van der Waals surface area contributed by atoms with Gasteiger partial charge in [-0.3, -0.25) is 4.57 Å². The first-order valence-electron chi connectivity index (χ1n) is 3.94. The number of hydrogen-bond donors (Lipinski definition) is 1. The number of ether oxygens (including phenoxy) is 1. The average molecular weight is 183 g/mol. The van der Waals surface area contributed by atoms with E-state index in [1.165, 1.54) is 11.7 Å². The predicted molar refractivity (Wildman–Crippen MR) is 49.4 cm³/mol. The average Bonchev–Trinajstić information content (AvgIpc) is 2.10. The monoisotopic (exact) mass is 183 g/mol. The first-order chi connectivity index (χ1) is 6.06. The van der Waals surface area contributed by atoms with Crippen molar-refractivity contribution in [3.63, 3.8) is 0 Å². The van der Waals surface area contributed by atoms with Crippen LogP contribution in [-0.4, -0.2) is 16.7 Å². The quantitative estimate of drug-likeness (QED) is 0.715. The smallest absolute Gasteiger partial charge is 0.351 e. The van der Waals surface area contributed by atoms with Gasteiger partial charge in [-0.05, 0) is 13.8 Å². The molecule has 1 atom stereocenters. The first-order valence-corrected chi connectivity index (χ1v) is 3.94. The third kappa shape index (κ3) is 1.86. The summed E-state index contributed by atoms with van der Waals surface area (Å²) in [5.41, 5.74) is 5.84. The molecule has 1 aromatic heterocycles. The van der Waals surface area contributed by atoms with E-state index in [1.807, 2.05) is 0 Å². The van der Waals surface area contributed by atoms with E-state index in [0.717, 1.165) is 5.56 Å². The van der Waals surface area contributed by atoms with Crippen molar-refractivity contribution in [3.8, 4) is 0 Å². The van der Waals surface area contributed by atoms with Gasteiger partial charge in [-0.2, -0.15) is 4.98 Å². The van der Waals surface area contributed by atoms with Gasteiger partial charge in [0, 0.05) is 18.9 Å². The molecule has 0 aliphatic heterocycles. The first kappa shape index (κ1) is 9.73. The molecule has 0 bridgehead atoms. The summed E-state index contributed by atoms with van der Waals surface area (Å²) >= 11 is 0. The highest BCUT2D eigenvalue weighted by Crippen LogP contribution is 2.06. The summed E-state index contributed by atoms with van der Waals surface area (Å²) in [6, 6.07) is 0. The fourth-order valence-electron chi connectivity index (χ4n) is 0.953. The Balaban J connectivity index is 3.24. The molecule has 1 rings (SSSR count). The van der Waals surface area contributed by atoms with Crippen LogP contribution in [0.1, 0.15) is 18.7 Å². The Morgan fingerprint density at radius 2 is 2.31 bits per heavy atom. The van der Waals surface area contributed by atoms with E-state index >= 15 is 0 Å². The molecule has 0 saturated carbocycles. The van der Waals surface area contributed by atoms with Crippen molar-refractivity contribution in [2.24, 2.45) is 0 Å². The van der Waals surface area contributed by atoms with Crippen LogP contribution < -0.4 is 11.4 Å². The second kappa shape index (κ2) is 3.57. The van der Waals surface area contributed by atoms with Crippen LogP contribution in [0.5, 0.6) is 0 Å². The van der Waals surface area contributed by atoms with Gasteiger partial charge in [0.1, 0.15) is 12.0 Å². The van der Waals surface area contributed by atoms with Gasteiger partial charge in [-0.25, -0.2) is 4.79 Å². The number of hydrogen-bond acceptors (Lipinski definition) is 4. The Bertz CT molecular complexity index is 359. The molecular weight excluding hydrogens is 170 g/mol. The Morgan fingerprint density at radius 3 is 2.85 bits per heavy atom. The van der Waals surface area contributed by atoms with Crippen molar-refractivity contribution in [2.45, 2.75) is 20.1 Å². The molecular formula is C8H13N3O2. The number of methoxy groups -OCH3 is 1. The predicted octanol–water partition coefficient (Wildman–Crippen LogP) is 0.299. The number of aromatic nitrogens is 2. The minimum atomic E-state index is -0.391. The molecule has 0 amide bonds. The van der Waals surface area contributed by atoms with E-state index in [4.69, 9.17) is 10.5 Å². The Hall–Kier alpha value is -1.36. The van der Waals surface area contributed by atoms with Gasteiger partial charge in [0.05, 0.1) is 0 Å². The maximum atomic E-state index is 11.3. The van der Waals surface area contributed by atoms with Gasteiger partial charge < -0.3 is 10.5 Å². The lowest BCUT2D eigenvalue weighted by molar-refractivity contribution is 0.0563. The van der Waals surface area contributed by atoms with Crippen LogP contribution in [0.2, 0.25) is 0 Å². The highest BCUT2D eigenvalue weighted by Gasteiger charge is 2.07. The SMILES string of the molecule is COC(C)n1cc(C)c(N)nc1=O. The van der Waals surface area contributed by atoms with Crippen molar-refractivity contribution >= 4 is 5.82 Å². The summed E-state index contributed by atoms with van der Waals surface area (Å²) in [5, 5.41) is 0. The zero-order valence-corrected chi connectivity index (χ0v) is 7.94.